The first-order chi connectivity index (χ1) is 18.8. The number of aryl methyl sites for hydroxylation is 2. The maximum Gasteiger partial charge on any atom is 0.338 e. The Balaban J connectivity index is 1.66. The number of ether oxygens (including phenoxy) is 1. The summed E-state index contributed by atoms with van der Waals surface area (Å²) in [6, 6.07) is 17.0. The van der Waals surface area contributed by atoms with Gasteiger partial charge in [0, 0.05) is 31.3 Å². The second-order valence-corrected chi connectivity index (χ2v) is 13.4. The molecule has 0 saturated heterocycles. The van der Waals surface area contributed by atoms with Crippen LogP contribution in [0.3, 0.4) is 0 Å². The molecule has 0 radical (unpaired) electrons. The van der Waals surface area contributed by atoms with Gasteiger partial charge in [0.2, 0.25) is 0 Å². The molecule has 2 aromatic carbocycles. The number of benzene rings is 2. The summed E-state index contributed by atoms with van der Waals surface area (Å²) in [7, 11) is -2.21. The highest BCUT2D eigenvalue weighted by Crippen LogP contribution is 2.47. The second kappa shape index (κ2) is 11.5. The molecule has 1 aliphatic heterocycles. The van der Waals surface area contributed by atoms with Crippen molar-refractivity contribution in [1.82, 2.24) is 9.55 Å². The molecule has 1 unspecified atom stereocenters. The van der Waals surface area contributed by atoms with E-state index in [1.807, 2.05) is 52.0 Å². The van der Waals surface area contributed by atoms with E-state index in [2.05, 4.69) is 21.8 Å². The molecule has 0 aliphatic carbocycles. The number of imidazole rings is 1. The lowest BCUT2D eigenvalue weighted by Gasteiger charge is -2.41. The molecule has 2 atom stereocenters. The number of aliphatic hydroxyl groups excluding tert-OH is 1. The van der Waals surface area contributed by atoms with E-state index in [4.69, 9.17) is 4.74 Å². The molecule has 0 spiro atoms. The van der Waals surface area contributed by atoms with Crippen LogP contribution in [-0.2, 0) is 33.0 Å². The molecule has 214 valence electrons. The number of nitrogens with zero attached hydrogens (tertiary/aromatic N) is 2. The number of aromatic nitrogens is 2. The molecule has 0 bridgehead atoms. The first kappa shape index (κ1) is 29.4. The van der Waals surface area contributed by atoms with Crippen LogP contribution in [0.15, 0.2) is 83.5 Å². The summed E-state index contributed by atoms with van der Waals surface area (Å²) < 4.78 is 36.1. The van der Waals surface area contributed by atoms with E-state index in [-0.39, 0.29) is 22.8 Å². The van der Waals surface area contributed by atoms with Crippen LogP contribution in [-0.4, -0.2) is 34.6 Å². The Morgan fingerprint density at radius 3 is 2.45 bits per heavy atom. The average Bonchev–Trinajstić information content (AvgIpc) is 3.32. The Kier molecular flexibility index (Phi) is 8.44. The van der Waals surface area contributed by atoms with E-state index in [0.717, 1.165) is 18.4 Å². The van der Waals surface area contributed by atoms with E-state index >= 15 is 0 Å². The quantitative estimate of drug-likeness (QED) is 0.280. The number of carbonyl (C=O) groups excluding carboxylic acids is 1. The minimum atomic E-state index is -3.90. The van der Waals surface area contributed by atoms with E-state index in [1.54, 1.807) is 29.8 Å². The van der Waals surface area contributed by atoms with Crippen molar-refractivity contribution < 1.29 is 23.1 Å². The van der Waals surface area contributed by atoms with Crippen molar-refractivity contribution in [3.63, 3.8) is 0 Å². The van der Waals surface area contributed by atoms with Crippen molar-refractivity contribution in [2.24, 2.45) is 12.5 Å². The van der Waals surface area contributed by atoms with Crippen LogP contribution >= 0.6 is 0 Å². The summed E-state index contributed by atoms with van der Waals surface area (Å²) in [5.41, 5.74) is 1.14. The molecule has 9 heteroatoms. The normalized spacial score (nSPS) is 18.9. The molecule has 3 aromatic rings. The molecule has 2 N–H and O–H groups in total. The molecular weight excluding hydrogens is 526 g/mol. The van der Waals surface area contributed by atoms with Crippen molar-refractivity contribution in [3.05, 3.63) is 89.6 Å². The fourth-order valence-corrected chi connectivity index (χ4v) is 6.62. The fraction of sp³-hybridized carbons (Fsp3) is 0.419. The lowest BCUT2D eigenvalue weighted by atomic mass is 9.70. The third-order valence-corrected chi connectivity index (χ3v) is 8.60. The predicted molar refractivity (Wildman–Crippen MR) is 155 cm³/mol. The Hall–Kier alpha value is -3.59. The third-order valence-electron chi connectivity index (χ3n) is 7.33. The molecule has 4 rings (SSSR count). The number of anilines is 1. The van der Waals surface area contributed by atoms with Crippen LogP contribution in [0.2, 0.25) is 0 Å². The molecular formula is C31H39N3O5S. The highest BCUT2D eigenvalue weighted by atomic mass is 32.2. The lowest BCUT2D eigenvalue weighted by molar-refractivity contribution is -0.161. The molecule has 0 fully saturated rings. The lowest BCUT2D eigenvalue weighted by Crippen LogP contribution is -2.43. The maximum atomic E-state index is 13.7. The van der Waals surface area contributed by atoms with Gasteiger partial charge in [0.05, 0.1) is 11.9 Å². The first-order valence-electron chi connectivity index (χ1n) is 13.6. The van der Waals surface area contributed by atoms with Crippen molar-refractivity contribution >= 4 is 21.7 Å². The number of carbonyl (C=O) groups is 1. The summed E-state index contributed by atoms with van der Waals surface area (Å²) >= 11 is 0. The van der Waals surface area contributed by atoms with E-state index in [9.17, 15) is 18.3 Å². The number of hydrogen-bond acceptors (Lipinski definition) is 6. The number of rotatable bonds is 10. The SMILES string of the molecule is CCCC1(CCc2ccccc2)CC(O)=C([C@@H](c2cccc(NS(=O)(=O)c3cn(C)cn3)c2)C(C)(C)C)C(=O)O1. The van der Waals surface area contributed by atoms with Crippen LogP contribution in [0.1, 0.15) is 70.4 Å². The topological polar surface area (TPSA) is 111 Å². The van der Waals surface area contributed by atoms with Gasteiger partial charge in [0.25, 0.3) is 10.0 Å². The van der Waals surface area contributed by atoms with Crippen molar-refractivity contribution in [3.8, 4) is 0 Å². The van der Waals surface area contributed by atoms with E-state index in [0.29, 0.717) is 24.1 Å². The summed E-state index contributed by atoms with van der Waals surface area (Å²) in [6.07, 6.45) is 5.89. The van der Waals surface area contributed by atoms with Crippen molar-refractivity contribution in [1.29, 1.82) is 0 Å². The van der Waals surface area contributed by atoms with E-state index in [1.165, 1.54) is 12.5 Å². The molecule has 8 nitrogen and oxygen atoms in total. The third kappa shape index (κ3) is 6.58. The number of aliphatic hydroxyl groups is 1. The van der Waals surface area contributed by atoms with Crippen LogP contribution in [0, 0.1) is 5.41 Å². The van der Waals surface area contributed by atoms with Gasteiger partial charge in [-0.15, -0.1) is 0 Å². The zero-order valence-electron chi connectivity index (χ0n) is 23.8. The zero-order valence-corrected chi connectivity index (χ0v) is 24.7. The van der Waals surface area contributed by atoms with Gasteiger partial charge < -0.3 is 14.4 Å². The number of esters is 1. The monoisotopic (exact) mass is 565 g/mol. The largest absolute Gasteiger partial charge is 0.512 e. The first-order valence-corrected chi connectivity index (χ1v) is 15.1. The molecule has 0 amide bonds. The van der Waals surface area contributed by atoms with Crippen LogP contribution < -0.4 is 4.72 Å². The zero-order chi connectivity index (χ0) is 29.1. The standard InChI is InChI=1S/C31H39N3O5S/c1-6-16-31(17-15-22-11-8-7-9-12-22)19-25(35)27(29(36)39-31)28(30(2,3)4)23-13-10-14-24(18-23)33-40(37,38)26-20-34(5)21-32-26/h7-14,18,20-21,28,33,35H,6,15-17,19H2,1-5H3/t28-,31?/m1/s1. The summed E-state index contributed by atoms with van der Waals surface area (Å²) in [5.74, 6) is -1.02. The molecule has 1 aromatic heterocycles. The number of cyclic esters (lactones) is 1. The highest BCUT2D eigenvalue weighted by molar-refractivity contribution is 7.92. The highest BCUT2D eigenvalue weighted by Gasteiger charge is 2.46. The smallest absolute Gasteiger partial charge is 0.338 e. The molecule has 0 saturated carbocycles. The van der Waals surface area contributed by atoms with Gasteiger partial charge in [0.1, 0.15) is 11.4 Å². The Labute approximate surface area is 237 Å². The van der Waals surface area contributed by atoms with Gasteiger partial charge in [-0.3, -0.25) is 4.72 Å². The Morgan fingerprint density at radius 1 is 1.12 bits per heavy atom. The minimum Gasteiger partial charge on any atom is -0.512 e. The van der Waals surface area contributed by atoms with Gasteiger partial charge in [-0.05, 0) is 47.9 Å². The van der Waals surface area contributed by atoms with Gasteiger partial charge in [-0.25, -0.2) is 9.78 Å². The summed E-state index contributed by atoms with van der Waals surface area (Å²) in [5, 5.41) is 11.4. The van der Waals surface area contributed by atoms with E-state index < -0.39 is 32.9 Å². The molecule has 40 heavy (non-hydrogen) atoms. The van der Waals surface area contributed by atoms with Crippen LogP contribution in [0.25, 0.3) is 0 Å². The Morgan fingerprint density at radius 2 is 1.85 bits per heavy atom. The fourth-order valence-electron chi connectivity index (χ4n) is 5.58. The van der Waals surface area contributed by atoms with Gasteiger partial charge in [0.15, 0.2) is 5.03 Å². The van der Waals surface area contributed by atoms with Gasteiger partial charge in [-0.2, -0.15) is 8.42 Å². The summed E-state index contributed by atoms with van der Waals surface area (Å²) in [4.78, 5) is 17.7. The van der Waals surface area contributed by atoms with Gasteiger partial charge in [-0.1, -0.05) is 76.6 Å². The molecule has 1 aliphatic rings. The van der Waals surface area contributed by atoms with Gasteiger partial charge >= 0.3 is 5.97 Å². The number of hydrogen-bond donors (Lipinski definition) is 2. The number of nitrogens with one attached hydrogen (secondary N) is 1. The average molecular weight is 566 g/mol. The minimum absolute atomic E-state index is 0.0390. The Bertz CT molecular complexity index is 1490. The number of sulfonamides is 1. The predicted octanol–water partition coefficient (Wildman–Crippen LogP) is 6.28. The molecule has 2 heterocycles. The van der Waals surface area contributed by atoms with Crippen molar-refractivity contribution in [2.45, 2.75) is 76.3 Å². The maximum absolute atomic E-state index is 13.7. The second-order valence-electron chi connectivity index (χ2n) is 11.8. The van der Waals surface area contributed by atoms with Crippen LogP contribution in [0.5, 0.6) is 0 Å². The van der Waals surface area contributed by atoms with Crippen LogP contribution in [0.4, 0.5) is 5.69 Å². The summed E-state index contributed by atoms with van der Waals surface area (Å²) in [6.45, 7) is 8.00. The van der Waals surface area contributed by atoms with Crippen molar-refractivity contribution in [2.75, 3.05) is 4.72 Å².